The van der Waals surface area contributed by atoms with Gasteiger partial charge in [-0.3, -0.25) is 9.29 Å². The number of piperidine rings is 1. The summed E-state index contributed by atoms with van der Waals surface area (Å²) in [6.07, 6.45) is 0.962. The summed E-state index contributed by atoms with van der Waals surface area (Å²) in [7, 11) is -1.28. The van der Waals surface area contributed by atoms with E-state index in [0.29, 0.717) is 28.5 Å². The van der Waals surface area contributed by atoms with Crippen molar-refractivity contribution in [2.75, 3.05) is 32.0 Å². The van der Waals surface area contributed by atoms with Gasteiger partial charge < -0.3 is 23.5 Å². The van der Waals surface area contributed by atoms with Gasteiger partial charge >= 0.3 is 6.09 Å². The number of nitrogens with one attached hydrogen (secondary N) is 1. The normalized spacial score (nSPS) is 17.3. The van der Waals surface area contributed by atoms with Gasteiger partial charge in [0.1, 0.15) is 28.6 Å². The SMILES string of the molecule is COc1cccc(OC)c1-n1c(NS(=O)(=O)[C@@H]2C[C@@H](c3ccc(F)cc3)CN(C(=O)OC(C)(C)C)C2)nnc1-c1ccco1. The number of furan rings is 1. The molecule has 234 valence electrons. The van der Waals surface area contributed by atoms with E-state index in [1.807, 2.05) is 0 Å². The Hall–Kier alpha value is -4.59. The quantitative estimate of drug-likeness (QED) is 0.279. The molecule has 5 rings (SSSR count). The largest absolute Gasteiger partial charge is 0.494 e. The molecule has 12 nitrogen and oxygen atoms in total. The summed E-state index contributed by atoms with van der Waals surface area (Å²) < 4.78 is 68.3. The zero-order valence-corrected chi connectivity index (χ0v) is 25.8. The first-order valence-electron chi connectivity index (χ1n) is 13.9. The molecule has 1 N–H and O–H groups in total. The average molecular weight is 628 g/mol. The molecule has 0 spiro atoms. The van der Waals surface area contributed by atoms with Crippen molar-refractivity contribution >= 4 is 22.1 Å². The molecular weight excluding hydrogens is 593 g/mol. The average Bonchev–Trinajstić information content (AvgIpc) is 3.66. The zero-order valence-electron chi connectivity index (χ0n) is 25.0. The molecule has 2 aromatic heterocycles. The number of ether oxygens (including phenoxy) is 3. The summed E-state index contributed by atoms with van der Waals surface area (Å²) in [6, 6.07) is 14.2. The van der Waals surface area contributed by atoms with Crippen LogP contribution in [0.5, 0.6) is 11.5 Å². The maximum Gasteiger partial charge on any atom is 0.410 e. The molecule has 1 fully saturated rings. The second-order valence-corrected chi connectivity index (χ2v) is 13.3. The first-order chi connectivity index (χ1) is 20.9. The van der Waals surface area contributed by atoms with E-state index in [1.54, 1.807) is 63.2 Å². The number of aromatic nitrogens is 3. The lowest BCUT2D eigenvalue weighted by Crippen LogP contribution is -2.50. The highest BCUT2D eigenvalue weighted by Crippen LogP contribution is 2.38. The molecule has 1 aliphatic rings. The molecule has 3 heterocycles. The van der Waals surface area contributed by atoms with Crippen LogP contribution in [0.3, 0.4) is 0 Å². The molecule has 2 aromatic carbocycles. The minimum absolute atomic E-state index is 0.140. The van der Waals surface area contributed by atoms with Gasteiger partial charge in [-0.15, -0.1) is 10.2 Å². The van der Waals surface area contributed by atoms with Crippen LogP contribution in [0.15, 0.2) is 65.3 Å². The van der Waals surface area contributed by atoms with Crippen LogP contribution in [0.25, 0.3) is 17.3 Å². The van der Waals surface area contributed by atoms with Crippen molar-refractivity contribution in [3.8, 4) is 28.8 Å². The number of amides is 1. The van der Waals surface area contributed by atoms with Gasteiger partial charge in [0.2, 0.25) is 21.8 Å². The Morgan fingerprint density at radius 3 is 2.27 bits per heavy atom. The maximum atomic E-state index is 14.1. The first-order valence-corrected chi connectivity index (χ1v) is 15.4. The van der Waals surface area contributed by atoms with Crippen LogP contribution in [0.2, 0.25) is 0 Å². The predicted octanol–water partition coefficient (Wildman–Crippen LogP) is 5.22. The van der Waals surface area contributed by atoms with E-state index in [1.165, 1.54) is 42.1 Å². The third-order valence-corrected chi connectivity index (χ3v) is 8.79. The van der Waals surface area contributed by atoms with E-state index in [-0.39, 0.29) is 31.3 Å². The Morgan fingerprint density at radius 2 is 1.68 bits per heavy atom. The molecule has 0 aliphatic carbocycles. The molecule has 4 aromatic rings. The van der Waals surface area contributed by atoms with Crippen molar-refractivity contribution < 1.29 is 36.2 Å². The minimum Gasteiger partial charge on any atom is -0.494 e. The number of methoxy groups -OCH3 is 2. The summed E-state index contributed by atoms with van der Waals surface area (Å²) in [5.74, 6) is 0.263. The molecule has 1 aliphatic heterocycles. The second-order valence-electron chi connectivity index (χ2n) is 11.3. The Bertz CT molecular complexity index is 1690. The molecule has 14 heteroatoms. The lowest BCUT2D eigenvalue weighted by atomic mass is 9.90. The van der Waals surface area contributed by atoms with Crippen molar-refractivity contribution in [2.45, 2.75) is 44.0 Å². The standard InChI is InChI=1S/C30H34FN5O7S/c1-30(2,3)43-29(37)35-17-20(19-11-13-21(31)14-12-19)16-22(18-35)44(38,39)34-28-33-32-27(25-10-7-15-42-25)36(28)26-23(40-4)8-6-9-24(26)41-5/h6-15,20,22H,16-18H2,1-5H3,(H,33,34)/t20-,22-/m1/s1. The van der Waals surface area contributed by atoms with E-state index < -0.39 is 38.7 Å². The number of carbonyl (C=O) groups excluding carboxylic acids is 1. The third-order valence-electron chi connectivity index (χ3n) is 7.11. The number of nitrogens with zero attached hydrogens (tertiary/aromatic N) is 4. The van der Waals surface area contributed by atoms with E-state index >= 15 is 0 Å². The number of benzene rings is 2. The molecule has 44 heavy (non-hydrogen) atoms. The van der Waals surface area contributed by atoms with Crippen LogP contribution in [0.1, 0.15) is 38.7 Å². The number of hydrogen-bond donors (Lipinski definition) is 1. The maximum absolute atomic E-state index is 14.1. The number of para-hydroxylation sites is 1. The van der Waals surface area contributed by atoms with E-state index in [2.05, 4.69) is 14.9 Å². The number of anilines is 1. The van der Waals surface area contributed by atoms with Gasteiger partial charge in [0.05, 0.1) is 25.7 Å². The van der Waals surface area contributed by atoms with E-state index in [4.69, 9.17) is 18.6 Å². The van der Waals surface area contributed by atoms with Crippen molar-refractivity contribution in [3.63, 3.8) is 0 Å². The summed E-state index contributed by atoms with van der Waals surface area (Å²) in [4.78, 5) is 14.5. The van der Waals surface area contributed by atoms with Crippen LogP contribution in [0.4, 0.5) is 15.1 Å². The molecule has 2 atom stereocenters. The molecule has 0 unspecified atom stereocenters. The van der Waals surface area contributed by atoms with Gasteiger partial charge in [-0.1, -0.05) is 18.2 Å². The first kappa shape index (κ1) is 30.9. The highest BCUT2D eigenvalue weighted by atomic mass is 32.2. The van der Waals surface area contributed by atoms with Gasteiger partial charge in [-0.05, 0) is 69.2 Å². The Kier molecular flexibility index (Phi) is 8.55. The summed E-state index contributed by atoms with van der Waals surface area (Å²) in [6.45, 7) is 5.26. The van der Waals surface area contributed by atoms with E-state index in [0.717, 1.165) is 0 Å². The number of hydrogen-bond acceptors (Lipinski definition) is 9. The lowest BCUT2D eigenvalue weighted by molar-refractivity contribution is 0.0202. The van der Waals surface area contributed by atoms with Crippen molar-refractivity contribution in [3.05, 3.63) is 72.2 Å². The van der Waals surface area contributed by atoms with Gasteiger partial charge in [-0.2, -0.15) is 0 Å². The number of carbonyl (C=O) groups is 1. The highest BCUT2D eigenvalue weighted by Gasteiger charge is 2.40. The van der Waals surface area contributed by atoms with Crippen molar-refractivity contribution in [1.82, 2.24) is 19.7 Å². The van der Waals surface area contributed by atoms with Crippen LogP contribution in [0, 0.1) is 5.82 Å². The fraction of sp³-hybridized carbons (Fsp3) is 0.367. The third kappa shape index (κ3) is 6.49. The number of halogens is 1. The molecule has 0 saturated carbocycles. The van der Waals surface area contributed by atoms with Crippen LogP contribution in [-0.4, -0.2) is 72.3 Å². The van der Waals surface area contributed by atoms with Gasteiger partial charge in [0.15, 0.2) is 5.76 Å². The number of rotatable bonds is 8. The molecular formula is C30H34FN5O7S. The van der Waals surface area contributed by atoms with Crippen LogP contribution < -0.4 is 14.2 Å². The number of likely N-dealkylation sites (tertiary alicyclic amines) is 1. The molecule has 1 amide bonds. The van der Waals surface area contributed by atoms with Gasteiger partial charge in [-0.25, -0.2) is 17.6 Å². The summed E-state index contributed by atoms with van der Waals surface area (Å²) in [5.41, 5.74) is 0.246. The van der Waals surface area contributed by atoms with E-state index in [9.17, 15) is 17.6 Å². The Morgan fingerprint density at radius 1 is 1.00 bits per heavy atom. The Labute approximate surface area is 254 Å². The van der Waals surface area contributed by atoms with Crippen LogP contribution >= 0.6 is 0 Å². The monoisotopic (exact) mass is 627 g/mol. The van der Waals surface area contributed by atoms with Crippen molar-refractivity contribution in [2.24, 2.45) is 0 Å². The fourth-order valence-corrected chi connectivity index (χ4v) is 6.53. The fourth-order valence-electron chi connectivity index (χ4n) is 5.12. The molecule has 0 bridgehead atoms. The second kappa shape index (κ2) is 12.2. The molecule has 0 radical (unpaired) electrons. The summed E-state index contributed by atoms with van der Waals surface area (Å²) >= 11 is 0. The lowest BCUT2D eigenvalue weighted by Gasteiger charge is -2.38. The molecule has 1 saturated heterocycles. The predicted molar refractivity (Wildman–Crippen MR) is 160 cm³/mol. The number of sulfonamides is 1. The van der Waals surface area contributed by atoms with Gasteiger partial charge in [0.25, 0.3) is 0 Å². The minimum atomic E-state index is -4.23. The van der Waals surface area contributed by atoms with Gasteiger partial charge in [0, 0.05) is 19.0 Å². The van der Waals surface area contributed by atoms with Crippen molar-refractivity contribution in [1.29, 1.82) is 0 Å². The smallest absolute Gasteiger partial charge is 0.410 e. The zero-order chi connectivity index (χ0) is 31.6. The highest BCUT2D eigenvalue weighted by molar-refractivity contribution is 7.93. The summed E-state index contributed by atoms with van der Waals surface area (Å²) in [5, 5.41) is 7.32. The topological polar surface area (TPSA) is 138 Å². The Balaban J connectivity index is 1.55. The van der Waals surface area contributed by atoms with Crippen LogP contribution in [-0.2, 0) is 14.8 Å².